The molecule has 0 fully saturated rings. The Balaban J connectivity index is 1.59. The van der Waals surface area contributed by atoms with Crippen LogP contribution in [0.1, 0.15) is 25.2 Å². The molecule has 0 unspecified atom stereocenters. The maximum Gasteiger partial charge on any atom is 0.247 e. The number of aryl methyl sites for hydroxylation is 2. The Morgan fingerprint density at radius 2 is 1.82 bits per heavy atom. The molecule has 9 heteroatoms. The average molecular weight is 381 g/mol. The minimum absolute atomic E-state index is 0.0851. The minimum atomic E-state index is -0.182. The summed E-state index contributed by atoms with van der Waals surface area (Å²) < 4.78 is 6.64. The highest BCUT2D eigenvalue weighted by molar-refractivity contribution is 5.90. The first kappa shape index (κ1) is 19.3. The molecule has 0 saturated heterocycles. The van der Waals surface area contributed by atoms with Crippen molar-refractivity contribution in [2.75, 3.05) is 17.7 Å². The summed E-state index contributed by atoms with van der Waals surface area (Å²) in [4.78, 5) is 16.7. The number of rotatable bonds is 8. The van der Waals surface area contributed by atoms with Crippen molar-refractivity contribution in [3.8, 4) is 5.75 Å². The zero-order valence-corrected chi connectivity index (χ0v) is 16.1. The van der Waals surface area contributed by atoms with Gasteiger partial charge in [-0.1, -0.05) is 13.8 Å². The van der Waals surface area contributed by atoms with Crippen molar-refractivity contribution in [3.63, 3.8) is 0 Å². The zero-order valence-electron chi connectivity index (χ0n) is 16.1. The summed E-state index contributed by atoms with van der Waals surface area (Å²) in [7, 11) is 1.60. The molecule has 28 heavy (non-hydrogen) atoms. The van der Waals surface area contributed by atoms with Gasteiger partial charge >= 0.3 is 0 Å². The first-order chi connectivity index (χ1) is 13.6. The second kappa shape index (κ2) is 8.94. The Morgan fingerprint density at radius 1 is 1.07 bits per heavy atom. The number of carbonyl (C=O) groups excluding carboxylic acids is 1. The molecule has 0 saturated carbocycles. The highest BCUT2D eigenvalue weighted by Crippen LogP contribution is 2.16. The van der Waals surface area contributed by atoms with Crippen molar-refractivity contribution in [1.82, 2.24) is 25.0 Å². The van der Waals surface area contributed by atoms with Crippen LogP contribution in [0.2, 0.25) is 0 Å². The lowest BCUT2D eigenvalue weighted by molar-refractivity contribution is -0.116. The molecule has 3 aromatic rings. The number of amides is 1. The fourth-order valence-electron chi connectivity index (χ4n) is 2.66. The second-order valence-corrected chi connectivity index (χ2v) is 6.06. The van der Waals surface area contributed by atoms with Gasteiger partial charge in [-0.3, -0.25) is 9.48 Å². The van der Waals surface area contributed by atoms with E-state index in [1.54, 1.807) is 43.8 Å². The van der Waals surface area contributed by atoms with Crippen LogP contribution in [-0.4, -0.2) is 38.0 Å². The van der Waals surface area contributed by atoms with Gasteiger partial charge in [0, 0.05) is 11.9 Å². The smallest absolute Gasteiger partial charge is 0.247 e. The molecule has 3 rings (SSSR count). The van der Waals surface area contributed by atoms with E-state index in [0.29, 0.717) is 17.3 Å². The van der Waals surface area contributed by atoms with Gasteiger partial charge < -0.3 is 15.4 Å². The van der Waals surface area contributed by atoms with E-state index in [4.69, 9.17) is 4.74 Å². The molecule has 2 N–H and O–H groups in total. The second-order valence-electron chi connectivity index (χ2n) is 6.06. The number of hydrogen-bond donors (Lipinski definition) is 2. The summed E-state index contributed by atoms with van der Waals surface area (Å²) in [5.41, 5.74) is 3.20. The van der Waals surface area contributed by atoms with E-state index in [0.717, 1.165) is 30.0 Å². The van der Waals surface area contributed by atoms with Gasteiger partial charge in [0.25, 0.3) is 0 Å². The molecule has 0 spiro atoms. The van der Waals surface area contributed by atoms with E-state index >= 15 is 0 Å². The molecule has 0 radical (unpaired) electrons. The molecule has 0 aliphatic rings. The minimum Gasteiger partial charge on any atom is -0.497 e. The highest BCUT2D eigenvalue weighted by Gasteiger charge is 2.09. The molecule has 0 aliphatic heterocycles. The van der Waals surface area contributed by atoms with Crippen molar-refractivity contribution in [3.05, 3.63) is 48.0 Å². The summed E-state index contributed by atoms with van der Waals surface area (Å²) in [5, 5.41) is 18.4. The van der Waals surface area contributed by atoms with E-state index in [9.17, 15) is 4.79 Å². The Hall–Kier alpha value is -3.49. The fraction of sp³-hybridized carbons (Fsp3) is 0.316. The molecule has 0 aliphatic carbocycles. The van der Waals surface area contributed by atoms with Gasteiger partial charge in [0.1, 0.15) is 12.3 Å². The molecular weight excluding hydrogens is 358 g/mol. The lowest BCUT2D eigenvalue weighted by Crippen LogP contribution is -2.18. The number of hydrogen-bond acceptors (Lipinski definition) is 7. The van der Waals surface area contributed by atoms with Crippen LogP contribution in [0.15, 0.2) is 36.7 Å². The standard InChI is InChI=1S/C19H23N7O2/c1-4-16-17(5-2)24-25-19(23-16)22-14-10-20-26(11-14)12-18(27)21-13-6-8-15(28-3)9-7-13/h6-11H,4-5,12H2,1-3H3,(H,21,27)(H,22,23,25). The van der Waals surface area contributed by atoms with Gasteiger partial charge in [0.15, 0.2) is 0 Å². The van der Waals surface area contributed by atoms with E-state index in [-0.39, 0.29) is 12.5 Å². The summed E-state index contributed by atoms with van der Waals surface area (Å²) in [6, 6.07) is 7.13. The monoisotopic (exact) mass is 381 g/mol. The van der Waals surface area contributed by atoms with Gasteiger partial charge in [-0.25, -0.2) is 4.98 Å². The molecule has 1 amide bonds. The Morgan fingerprint density at radius 3 is 2.50 bits per heavy atom. The van der Waals surface area contributed by atoms with Crippen molar-refractivity contribution >= 4 is 23.2 Å². The van der Waals surface area contributed by atoms with Crippen LogP contribution in [-0.2, 0) is 24.2 Å². The molecule has 0 atom stereocenters. The number of nitrogens with zero attached hydrogens (tertiary/aromatic N) is 5. The summed E-state index contributed by atoms with van der Waals surface area (Å²) >= 11 is 0. The van der Waals surface area contributed by atoms with Crippen LogP contribution >= 0.6 is 0 Å². The molecule has 1 aromatic carbocycles. The van der Waals surface area contributed by atoms with Crippen LogP contribution in [0, 0.1) is 0 Å². The van der Waals surface area contributed by atoms with E-state index in [2.05, 4.69) is 30.9 Å². The number of methoxy groups -OCH3 is 1. The van der Waals surface area contributed by atoms with Crippen molar-refractivity contribution < 1.29 is 9.53 Å². The molecule has 2 aromatic heterocycles. The number of carbonyl (C=O) groups is 1. The summed E-state index contributed by atoms with van der Waals surface area (Å²) in [6.07, 6.45) is 4.92. The topological polar surface area (TPSA) is 107 Å². The first-order valence-corrected chi connectivity index (χ1v) is 9.07. The highest BCUT2D eigenvalue weighted by atomic mass is 16.5. The third kappa shape index (κ3) is 4.81. The van der Waals surface area contributed by atoms with Crippen LogP contribution in [0.25, 0.3) is 0 Å². The third-order valence-corrected chi connectivity index (χ3v) is 4.08. The van der Waals surface area contributed by atoms with Crippen molar-refractivity contribution in [2.45, 2.75) is 33.2 Å². The lowest BCUT2D eigenvalue weighted by atomic mass is 10.2. The van der Waals surface area contributed by atoms with E-state index in [1.165, 1.54) is 4.68 Å². The predicted octanol–water partition coefficient (Wildman–Crippen LogP) is 2.58. The normalized spacial score (nSPS) is 10.5. The Kier molecular flexibility index (Phi) is 6.15. The van der Waals surface area contributed by atoms with Crippen LogP contribution in [0.4, 0.5) is 17.3 Å². The number of anilines is 3. The van der Waals surface area contributed by atoms with Crippen LogP contribution < -0.4 is 15.4 Å². The lowest BCUT2D eigenvalue weighted by Gasteiger charge is -2.07. The third-order valence-electron chi connectivity index (χ3n) is 4.08. The molecule has 9 nitrogen and oxygen atoms in total. The predicted molar refractivity (Wildman–Crippen MR) is 106 cm³/mol. The fourth-order valence-corrected chi connectivity index (χ4v) is 2.66. The zero-order chi connectivity index (χ0) is 19.9. The number of ether oxygens (including phenoxy) is 1. The van der Waals surface area contributed by atoms with E-state index < -0.39 is 0 Å². The number of aromatic nitrogens is 5. The van der Waals surface area contributed by atoms with Gasteiger partial charge in [-0.2, -0.15) is 5.10 Å². The molecule has 2 heterocycles. The van der Waals surface area contributed by atoms with Crippen LogP contribution in [0.3, 0.4) is 0 Å². The first-order valence-electron chi connectivity index (χ1n) is 9.07. The van der Waals surface area contributed by atoms with Crippen molar-refractivity contribution in [2.24, 2.45) is 0 Å². The SMILES string of the molecule is CCc1nnc(Nc2cnn(CC(=O)Nc3ccc(OC)cc3)c2)nc1CC. The van der Waals surface area contributed by atoms with Gasteiger partial charge in [0.2, 0.25) is 11.9 Å². The molecule has 146 valence electrons. The number of nitrogens with one attached hydrogen (secondary N) is 2. The van der Waals surface area contributed by atoms with Crippen LogP contribution in [0.5, 0.6) is 5.75 Å². The summed E-state index contributed by atoms with van der Waals surface area (Å²) in [5.74, 6) is 0.963. The quantitative estimate of drug-likeness (QED) is 0.617. The largest absolute Gasteiger partial charge is 0.497 e. The average Bonchev–Trinajstić information content (AvgIpc) is 3.14. The van der Waals surface area contributed by atoms with Crippen molar-refractivity contribution in [1.29, 1.82) is 0 Å². The van der Waals surface area contributed by atoms with Gasteiger partial charge in [-0.05, 0) is 37.1 Å². The van der Waals surface area contributed by atoms with Gasteiger partial charge in [-0.15, -0.1) is 10.2 Å². The van der Waals surface area contributed by atoms with Gasteiger partial charge in [0.05, 0.1) is 30.4 Å². The molecule has 0 bridgehead atoms. The van der Waals surface area contributed by atoms with E-state index in [1.807, 2.05) is 13.8 Å². The maximum absolute atomic E-state index is 12.2. The number of benzene rings is 1. The summed E-state index contributed by atoms with van der Waals surface area (Å²) in [6.45, 7) is 4.15. The Labute approximate surface area is 163 Å². The molecular formula is C19H23N7O2. The Bertz CT molecular complexity index is 938. The maximum atomic E-state index is 12.2.